The highest BCUT2D eigenvalue weighted by molar-refractivity contribution is 5.39. The highest BCUT2D eigenvalue weighted by Crippen LogP contribution is 2.36. The number of benzene rings is 1. The number of aryl methyl sites for hydroxylation is 1. The maximum atomic E-state index is 5.37. The van der Waals surface area contributed by atoms with Crippen LogP contribution in [0.4, 0.5) is 0 Å². The predicted octanol–water partition coefficient (Wildman–Crippen LogP) is 3.89. The molecule has 2 heteroatoms. The Morgan fingerprint density at radius 1 is 1.32 bits per heavy atom. The minimum Gasteiger partial charge on any atom is -0.497 e. The Labute approximate surface area is 117 Å². The van der Waals surface area contributed by atoms with E-state index in [9.17, 15) is 0 Å². The zero-order valence-electron chi connectivity index (χ0n) is 12.4. The van der Waals surface area contributed by atoms with Crippen LogP contribution in [0.2, 0.25) is 0 Å². The van der Waals surface area contributed by atoms with Crippen molar-refractivity contribution in [3.63, 3.8) is 0 Å². The van der Waals surface area contributed by atoms with E-state index >= 15 is 0 Å². The number of hydrogen-bond acceptors (Lipinski definition) is 2. The molecule has 0 saturated heterocycles. The summed E-state index contributed by atoms with van der Waals surface area (Å²) in [4.78, 5) is 0. The van der Waals surface area contributed by atoms with Gasteiger partial charge in [0.1, 0.15) is 5.75 Å². The smallest absolute Gasteiger partial charge is 0.119 e. The van der Waals surface area contributed by atoms with Gasteiger partial charge in [0.05, 0.1) is 7.11 Å². The van der Waals surface area contributed by atoms with Gasteiger partial charge in [-0.2, -0.15) is 0 Å². The van der Waals surface area contributed by atoms with Crippen molar-refractivity contribution in [2.45, 2.75) is 51.4 Å². The molecule has 0 radical (unpaired) electrons. The van der Waals surface area contributed by atoms with Gasteiger partial charge in [0.15, 0.2) is 0 Å². The molecule has 106 valence electrons. The van der Waals surface area contributed by atoms with Crippen LogP contribution in [-0.4, -0.2) is 20.2 Å². The van der Waals surface area contributed by atoms with Gasteiger partial charge in [-0.3, -0.25) is 0 Å². The van der Waals surface area contributed by atoms with Gasteiger partial charge in [-0.05, 0) is 80.8 Å². The van der Waals surface area contributed by atoms with Crippen molar-refractivity contribution in [3.8, 4) is 5.75 Å². The van der Waals surface area contributed by atoms with Gasteiger partial charge in [0.2, 0.25) is 0 Å². The molecule has 0 spiro atoms. The van der Waals surface area contributed by atoms with Crippen molar-refractivity contribution in [1.82, 2.24) is 5.32 Å². The van der Waals surface area contributed by atoms with Crippen LogP contribution in [0.15, 0.2) is 18.2 Å². The van der Waals surface area contributed by atoms with Crippen LogP contribution in [0.25, 0.3) is 0 Å². The molecule has 1 aliphatic rings. The lowest BCUT2D eigenvalue weighted by molar-refractivity contribution is 0.411. The second kappa shape index (κ2) is 7.54. The van der Waals surface area contributed by atoms with E-state index in [1.54, 1.807) is 18.2 Å². The van der Waals surface area contributed by atoms with Gasteiger partial charge in [0, 0.05) is 0 Å². The topological polar surface area (TPSA) is 21.3 Å². The first kappa shape index (κ1) is 14.4. The Bertz CT molecular complexity index is 389. The molecule has 1 aromatic carbocycles. The second-order valence-electron chi connectivity index (χ2n) is 5.55. The van der Waals surface area contributed by atoms with Gasteiger partial charge in [-0.25, -0.2) is 0 Å². The number of hydrogen-bond donors (Lipinski definition) is 1. The average molecular weight is 261 g/mol. The molecule has 1 atom stereocenters. The molecule has 0 heterocycles. The molecule has 0 aliphatic heterocycles. The number of rotatable bonds is 7. The van der Waals surface area contributed by atoms with E-state index in [2.05, 4.69) is 30.4 Å². The summed E-state index contributed by atoms with van der Waals surface area (Å²) in [5.74, 6) is 1.75. The van der Waals surface area contributed by atoms with E-state index in [1.165, 1.54) is 38.5 Å². The Balaban J connectivity index is 1.92. The number of ether oxygens (including phenoxy) is 1. The van der Waals surface area contributed by atoms with E-state index in [0.717, 1.165) is 24.8 Å². The third-order valence-corrected chi connectivity index (χ3v) is 4.12. The van der Waals surface area contributed by atoms with Crippen LogP contribution >= 0.6 is 0 Å². The van der Waals surface area contributed by atoms with Gasteiger partial charge < -0.3 is 10.1 Å². The molecule has 2 rings (SSSR count). The zero-order valence-corrected chi connectivity index (χ0v) is 12.4. The highest BCUT2D eigenvalue weighted by atomic mass is 16.5. The quantitative estimate of drug-likeness (QED) is 0.752. The fourth-order valence-electron chi connectivity index (χ4n) is 3.08. The molecular formula is C17H27NO. The lowest BCUT2D eigenvalue weighted by Crippen LogP contribution is -2.17. The number of nitrogens with one attached hydrogen (secondary N) is 1. The second-order valence-corrected chi connectivity index (χ2v) is 5.55. The van der Waals surface area contributed by atoms with Gasteiger partial charge in [-0.1, -0.05) is 13.0 Å². The van der Waals surface area contributed by atoms with E-state index in [0.29, 0.717) is 0 Å². The summed E-state index contributed by atoms with van der Waals surface area (Å²) < 4.78 is 5.37. The van der Waals surface area contributed by atoms with Crippen molar-refractivity contribution >= 4 is 0 Å². The lowest BCUT2D eigenvalue weighted by Gasteiger charge is -2.26. The zero-order chi connectivity index (χ0) is 13.5. The fraction of sp³-hybridized carbons (Fsp3) is 0.647. The molecule has 0 fully saturated rings. The van der Waals surface area contributed by atoms with Crippen LogP contribution in [0, 0.1) is 0 Å². The average Bonchev–Trinajstić information content (AvgIpc) is 2.46. The molecule has 2 nitrogen and oxygen atoms in total. The summed E-state index contributed by atoms with van der Waals surface area (Å²) in [7, 11) is 1.76. The largest absolute Gasteiger partial charge is 0.497 e. The molecule has 1 aliphatic carbocycles. The van der Waals surface area contributed by atoms with Crippen LogP contribution in [0.1, 0.15) is 56.1 Å². The summed E-state index contributed by atoms with van der Waals surface area (Å²) in [5, 5.41) is 3.50. The molecule has 0 bridgehead atoms. The molecule has 0 amide bonds. The summed E-state index contributed by atoms with van der Waals surface area (Å²) in [6.45, 7) is 4.52. The monoisotopic (exact) mass is 261 g/mol. The maximum Gasteiger partial charge on any atom is 0.119 e. The van der Waals surface area contributed by atoms with E-state index in [-0.39, 0.29) is 0 Å². The third-order valence-electron chi connectivity index (χ3n) is 4.12. The lowest BCUT2D eigenvalue weighted by atomic mass is 9.80. The Morgan fingerprint density at radius 3 is 3.00 bits per heavy atom. The number of fused-ring (bicyclic) bond motifs is 1. The van der Waals surface area contributed by atoms with E-state index < -0.39 is 0 Å². The third kappa shape index (κ3) is 3.97. The fourth-order valence-corrected chi connectivity index (χ4v) is 3.08. The Morgan fingerprint density at radius 2 is 2.21 bits per heavy atom. The van der Waals surface area contributed by atoms with Gasteiger partial charge >= 0.3 is 0 Å². The molecule has 19 heavy (non-hydrogen) atoms. The van der Waals surface area contributed by atoms with Crippen LogP contribution in [-0.2, 0) is 6.42 Å². The standard InChI is InChI=1S/C17H27NO/c1-3-11-18-12-5-8-14-6-4-7-15-9-10-16(19-2)13-17(14)15/h9-10,13-14,18H,3-8,11-12H2,1-2H3. The highest BCUT2D eigenvalue weighted by Gasteiger charge is 2.20. The summed E-state index contributed by atoms with van der Waals surface area (Å²) in [5.41, 5.74) is 3.08. The summed E-state index contributed by atoms with van der Waals surface area (Å²) in [6, 6.07) is 6.62. The first-order valence-corrected chi connectivity index (χ1v) is 7.72. The first-order chi connectivity index (χ1) is 9.35. The molecule has 1 unspecified atom stereocenters. The molecular weight excluding hydrogens is 234 g/mol. The van der Waals surface area contributed by atoms with E-state index in [1.807, 2.05) is 0 Å². The molecule has 1 N–H and O–H groups in total. The minimum absolute atomic E-state index is 0.738. The van der Waals surface area contributed by atoms with Crippen molar-refractivity contribution < 1.29 is 4.74 Å². The van der Waals surface area contributed by atoms with Crippen molar-refractivity contribution in [2.75, 3.05) is 20.2 Å². The predicted molar refractivity (Wildman–Crippen MR) is 81.1 cm³/mol. The summed E-state index contributed by atoms with van der Waals surface area (Å²) >= 11 is 0. The maximum absolute atomic E-state index is 5.37. The van der Waals surface area contributed by atoms with E-state index in [4.69, 9.17) is 4.74 Å². The van der Waals surface area contributed by atoms with Crippen LogP contribution < -0.4 is 10.1 Å². The van der Waals surface area contributed by atoms with Gasteiger partial charge in [0.25, 0.3) is 0 Å². The molecule has 0 aromatic heterocycles. The van der Waals surface area contributed by atoms with Crippen molar-refractivity contribution in [3.05, 3.63) is 29.3 Å². The Kier molecular flexibility index (Phi) is 5.71. The minimum atomic E-state index is 0.738. The SMILES string of the molecule is CCCNCCCC1CCCc2ccc(OC)cc21. The van der Waals surface area contributed by atoms with Crippen LogP contribution in [0.5, 0.6) is 5.75 Å². The summed E-state index contributed by atoms with van der Waals surface area (Å²) in [6.07, 6.45) is 7.73. The van der Waals surface area contributed by atoms with Crippen LogP contribution in [0.3, 0.4) is 0 Å². The first-order valence-electron chi connectivity index (χ1n) is 7.72. The van der Waals surface area contributed by atoms with Crippen molar-refractivity contribution in [1.29, 1.82) is 0 Å². The molecule has 1 aromatic rings. The van der Waals surface area contributed by atoms with Crippen molar-refractivity contribution in [2.24, 2.45) is 0 Å². The Hall–Kier alpha value is -1.02. The number of methoxy groups -OCH3 is 1. The normalized spacial score (nSPS) is 18.1. The van der Waals surface area contributed by atoms with Gasteiger partial charge in [-0.15, -0.1) is 0 Å². The molecule has 0 saturated carbocycles.